The minimum atomic E-state index is -4.39. The molecule has 2 atom stereocenters. The van der Waals surface area contributed by atoms with Crippen molar-refractivity contribution in [3.63, 3.8) is 0 Å². The summed E-state index contributed by atoms with van der Waals surface area (Å²) in [6, 6.07) is 0. The largest absolute Gasteiger partial charge is 0.472 e. The van der Waals surface area contributed by atoms with Crippen LogP contribution in [-0.2, 0) is 32.7 Å². The van der Waals surface area contributed by atoms with Crippen molar-refractivity contribution in [1.29, 1.82) is 0 Å². The van der Waals surface area contributed by atoms with Gasteiger partial charge in [0.15, 0.2) is 6.10 Å². The highest BCUT2D eigenvalue weighted by molar-refractivity contribution is 7.47. The number of rotatable bonds is 55. The van der Waals surface area contributed by atoms with Gasteiger partial charge in [-0.05, 0) is 83.5 Å². The Morgan fingerprint density at radius 1 is 0.437 bits per heavy atom. The van der Waals surface area contributed by atoms with Crippen molar-refractivity contribution in [3.05, 3.63) is 72.9 Å². The number of phosphoric ester groups is 1. The first-order chi connectivity index (χ1) is 34.8. The maximum atomic E-state index is 12.7. The molecule has 71 heavy (non-hydrogen) atoms. The fourth-order valence-corrected chi connectivity index (χ4v) is 9.01. The molecule has 0 bridgehead atoms. The fraction of sp³-hybridized carbons (Fsp3) is 0.770. The standard InChI is InChI=1S/C61H110NO8P/c1-3-5-7-9-11-13-15-17-19-20-21-22-23-24-25-26-27-28-29-30-31-32-33-34-35-36-37-38-40-42-44-46-48-50-52-54-61(64)70-59(58-69-71(65,66)68-56-55-62)57-67-60(63)53-51-49-47-45-43-41-39-18-16-14-12-10-8-6-4-2/h5,7,11,13,17-19,21-22,24-25,39,59H,3-4,6,8-10,12,14-16,20,23,26-38,40-58,62H2,1-2H3,(H,65,66)/b7-5-,13-11-,19-17-,22-21-,25-24-,39-18-. The normalized spacial score (nSPS) is 13.6. The van der Waals surface area contributed by atoms with Crippen LogP contribution in [-0.4, -0.2) is 49.3 Å². The number of carbonyl (C=O) groups is 2. The van der Waals surface area contributed by atoms with E-state index < -0.39 is 26.5 Å². The van der Waals surface area contributed by atoms with E-state index in [-0.39, 0.29) is 38.6 Å². The summed E-state index contributed by atoms with van der Waals surface area (Å²) in [7, 11) is -4.39. The summed E-state index contributed by atoms with van der Waals surface area (Å²) in [5.74, 6) is -0.830. The number of allylic oxidation sites excluding steroid dienone is 12. The van der Waals surface area contributed by atoms with Gasteiger partial charge in [0.2, 0.25) is 0 Å². The molecule has 0 heterocycles. The van der Waals surface area contributed by atoms with E-state index >= 15 is 0 Å². The van der Waals surface area contributed by atoms with Crippen molar-refractivity contribution in [2.24, 2.45) is 5.73 Å². The van der Waals surface area contributed by atoms with Crippen molar-refractivity contribution >= 4 is 19.8 Å². The summed E-state index contributed by atoms with van der Waals surface area (Å²) in [5, 5.41) is 0. The lowest BCUT2D eigenvalue weighted by atomic mass is 10.0. The second-order valence-electron chi connectivity index (χ2n) is 19.5. The zero-order valence-electron chi connectivity index (χ0n) is 45.9. The Morgan fingerprint density at radius 3 is 1.17 bits per heavy atom. The molecule has 0 fully saturated rings. The number of phosphoric acid groups is 1. The van der Waals surface area contributed by atoms with E-state index in [1.54, 1.807) is 0 Å². The number of unbranched alkanes of at least 4 members (excludes halogenated alkanes) is 30. The van der Waals surface area contributed by atoms with E-state index in [1.165, 1.54) is 148 Å². The van der Waals surface area contributed by atoms with Crippen LogP contribution in [0.3, 0.4) is 0 Å². The number of hydrogen-bond acceptors (Lipinski definition) is 8. The lowest BCUT2D eigenvalue weighted by Crippen LogP contribution is -2.29. The fourth-order valence-electron chi connectivity index (χ4n) is 8.25. The van der Waals surface area contributed by atoms with E-state index in [0.29, 0.717) is 6.42 Å². The molecular formula is C61H110NO8P. The van der Waals surface area contributed by atoms with Crippen molar-refractivity contribution in [3.8, 4) is 0 Å². The van der Waals surface area contributed by atoms with Crippen LogP contribution < -0.4 is 5.73 Å². The average Bonchev–Trinajstić information content (AvgIpc) is 3.36. The quantitative estimate of drug-likeness (QED) is 0.0264. The third kappa shape index (κ3) is 56.6. The van der Waals surface area contributed by atoms with Gasteiger partial charge in [-0.15, -0.1) is 0 Å². The lowest BCUT2D eigenvalue weighted by molar-refractivity contribution is -0.161. The van der Waals surface area contributed by atoms with E-state index in [4.69, 9.17) is 24.3 Å². The molecule has 0 aromatic heterocycles. The van der Waals surface area contributed by atoms with Crippen LogP contribution in [0.15, 0.2) is 72.9 Å². The predicted molar refractivity (Wildman–Crippen MR) is 302 cm³/mol. The molecule has 2 unspecified atom stereocenters. The van der Waals surface area contributed by atoms with Crippen LogP contribution in [0.4, 0.5) is 0 Å². The SMILES string of the molecule is CC/C=C\C/C=C\C/C=C\C/C=C\C/C=C\CCCCCCCCCCCCCCCCCCCCCC(=O)OC(COC(=O)CCCCCCC/C=C\CCCCCCCC)COP(=O)(O)OCCN. The van der Waals surface area contributed by atoms with Gasteiger partial charge in [-0.1, -0.05) is 247 Å². The van der Waals surface area contributed by atoms with E-state index in [9.17, 15) is 19.0 Å². The third-order valence-corrected chi connectivity index (χ3v) is 13.6. The molecule has 9 nitrogen and oxygen atoms in total. The molecule has 0 aliphatic heterocycles. The van der Waals surface area contributed by atoms with Gasteiger partial charge in [0, 0.05) is 19.4 Å². The minimum Gasteiger partial charge on any atom is -0.462 e. The van der Waals surface area contributed by atoms with Crippen molar-refractivity contribution in [1.82, 2.24) is 0 Å². The van der Waals surface area contributed by atoms with Gasteiger partial charge in [0.05, 0.1) is 13.2 Å². The summed E-state index contributed by atoms with van der Waals surface area (Å²) in [4.78, 5) is 35.1. The van der Waals surface area contributed by atoms with Gasteiger partial charge in [-0.2, -0.15) is 0 Å². The topological polar surface area (TPSA) is 134 Å². The highest BCUT2D eigenvalue weighted by Gasteiger charge is 2.26. The van der Waals surface area contributed by atoms with Gasteiger partial charge in [0.25, 0.3) is 0 Å². The predicted octanol–water partition coefficient (Wildman–Crippen LogP) is 18.5. The lowest BCUT2D eigenvalue weighted by Gasteiger charge is -2.19. The molecule has 0 aliphatic carbocycles. The van der Waals surface area contributed by atoms with Crippen LogP contribution >= 0.6 is 7.82 Å². The first-order valence-corrected chi connectivity index (χ1v) is 30.9. The number of nitrogens with two attached hydrogens (primary N) is 1. The average molecular weight is 1020 g/mol. The first kappa shape index (κ1) is 68.5. The molecule has 0 radical (unpaired) electrons. The Morgan fingerprint density at radius 2 is 0.775 bits per heavy atom. The highest BCUT2D eigenvalue weighted by atomic mass is 31.2. The maximum absolute atomic E-state index is 12.7. The van der Waals surface area contributed by atoms with Gasteiger partial charge < -0.3 is 20.1 Å². The molecule has 0 spiro atoms. The minimum absolute atomic E-state index is 0.0519. The molecule has 412 valence electrons. The summed E-state index contributed by atoms with van der Waals surface area (Å²) in [6.45, 7) is 3.64. The number of hydrogen-bond donors (Lipinski definition) is 2. The summed E-state index contributed by atoms with van der Waals surface area (Å²) >= 11 is 0. The number of esters is 2. The Hall–Kier alpha value is -2.55. The molecule has 0 aromatic rings. The maximum Gasteiger partial charge on any atom is 0.472 e. The van der Waals surface area contributed by atoms with Crippen LogP contribution in [0.5, 0.6) is 0 Å². The van der Waals surface area contributed by atoms with Crippen LogP contribution in [0.1, 0.15) is 271 Å². The zero-order chi connectivity index (χ0) is 51.7. The summed E-state index contributed by atoms with van der Waals surface area (Å²) in [5.41, 5.74) is 5.38. The summed E-state index contributed by atoms with van der Waals surface area (Å²) < 4.78 is 33.0. The Bertz CT molecular complexity index is 1390. The highest BCUT2D eigenvalue weighted by Crippen LogP contribution is 2.43. The molecule has 0 saturated carbocycles. The smallest absolute Gasteiger partial charge is 0.462 e. The van der Waals surface area contributed by atoms with Crippen LogP contribution in [0.2, 0.25) is 0 Å². The van der Waals surface area contributed by atoms with Crippen LogP contribution in [0.25, 0.3) is 0 Å². The zero-order valence-corrected chi connectivity index (χ0v) is 46.8. The van der Waals surface area contributed by atoms with Gasteiger partial charge in [-0.25, -0.2) is 4.57 Å². The molecule has 0 rings (SSSR count). The molecule has 3 N–H and O–H groups in total. The van der Waals surface area contributed by atoms with E-state index in [2.05, 4.69) is 86.8 Å². The molecule has 0 saturated heterocycles. The molecular weight excluding hydrogens is 906 g/mol. The number of ether oxygens (including phenoxy) is 2. The molecule has 0 aliphatic rings. The Kier molecular flexibility index (Phi) is 54.7. The molecule has 10 heteroatoms. The molecule has 0 aromatic carbocycles. The monoisotopic (exact) mass is 1020 g/mol. The molecule has 0 amide bonds. The van der Waals surface area contributed by atoms with Gasteiger partial charge in [0.1, 0.15) is 6.61 Å². The van der Waals surface area contributed by atoms with Crippen molar-refractivity contribution in [2.75, 3.05) is 26.4 Å². The summed E-state index contributed by atoms with van der Waals surface area (Å²) in [6.07, 6.45) is 72.6. The van der Waals surface area contributed by atoms with E-state index in [1.807, 2.05) is 0 Å². The third-order valence-electron chi connectivity index (χ3n) is 12.6. The Labute approximate surface area is 437 Å². The Balaban J connectivity index is 3.86. The second-order valence-corrected chi connectivity index (χ2v) is 20.9. The van der Waals surface area contributed by atoms with Crippen molar-refractivity contribution in [2.45, 2.75) is 277 Å². The number of carbonyl (C=O) groups excluding carboxylic acids is 2. The van der Waals surface area contributed by atoms with Crippen LogP contribution in [0, 0.1) is 0 Å². The second kappa shape index (κ2) is 56.7. The van der Waals surface area contributed by atoms with Gasteiger partial charge in [-0.3, -0.25) is 18.6 Å². The van der Waals surface area contributed by atoms with Crippen molar-refractivity contribution < 1.29 is 37.6 Å². The van der Waals surface area contributed by atoms with Gasteiger partial charge >= 0.3 is 19.8 Å². The van der Waals surface area contributed by atoms with E-state index in [0.717, 1.165) is 89.9 Å². The first-order valence-electron chi connectivity index (χ1n) is 29.4.